The van der Waals surface area contributed by atoms with Crippen molar-refractivity contribution in [3.05, 3.63) is 29.8 Å². The average molecular weight is 286 g/mol. The first-order valence-electron chi connectivity index (χ1n) is 6.48. The SMILES string of the molecule is CCNCCS(=O)(=O)Nc1cccc(CCCO)c1. The third kappa shape index (κ3) is 6.56. The molecule has 0 heterocycles. The molecule has 0 aliphatic rings. The normalized spacial score (nSPS) is 11.5. The molecule has 1 aromatic rings. The molecule has 0 saturated heterocycles. The Balaban J connectivity index is 2.60. The van der Waals surface area contributed by atoms with E-state index < -0.39 is 10.0 Å². The Labute approximate surface area is 115 Å². The molecule has 0 aromatic heterocycles. The molecule has 0 aliphatic carbocycles. The molecular weight excluding hydrogens is 264 g/mol. The lowest BCUT2D eigenvalue weighted by Gasteiger charge is -2.09. The van der Waals surface area contributed by atoms with Crippen LogP contribution in [0.4, 0.5) is 5.69 Å². The molecule has 1 rings (SSSR count). The van der Waals surface area contributed by atoms with E-state index in [2.05, 4.69) is 10.0 Å². The summed E-state index contributed by atoms with van der Waals surface area (Å²) in [7, 11) is -3.31. The molecule has 0 fully saturated rings. The minimum Gasteiger partial charge on any atom is -0.396 e. The third-order valence-corrected chi connectivity index (χ3v) is 3.91. The molecule has 0 aliphatic heterocycles. The van der Waals surface area contributed by atoms with Gasteiger partial charge in [-0.05, 0) is 37.1 Å². The number of sulfonamides is 1. The first-order chi connectivity index (χ1) is 9.07. The highest BCUT2D eigenvalue weighted by Gasteiger charge is 2.09. The van der Waals surface area contributed by atoms with Gasteiger partial charge in [0.25, 0.3) is 0 Å². The highest BCUT2D eigenvalue weighted by molar-refractivity contribution is 7.92. The van der Waals surface area contributed by atoms with Crippen LogP contribution in [0.25, 0.3) is 0 Å². The lowest BCUT2D eigenvalue weighted by molar-refractivity contribution is 0.288. The zero-order chi connectivity index (χ0) is 14.1. The number of aryl methyl sites for hydroxylation is 1. The van der Waals surface area contributed by atoms with E-state index in [0.717, 1.165) is 18.5 Å². The van der Waals surface area contributed by atoms with E-state index in [1.54, 1.807) is 12.1 Å². The first-order valence-corrected chi connectivity index (χ1v) is 8.13. The minimum atomic E-state index is -3.31. The van der Waals surface area contributed by atoms with Gasteiger partial charge in [-0.25, -0.2) is 8.42 Å². The van der Waals surface area contributed by atoms with Gasteiger partial charge in [0.1, 0.15) is 0 Å². The van der Waals surface area contributed by atoms with Crippen molar-refractivity contribution in [3.63, 3.8) is 0 Å². The zero-order valence-corrected chi connectivity index (χ0v) is 12.0. The molecule has 0 atom stereocenters. The average Bonchev–Trinajstić information content (AvgIpc) is 2.36. The molecule has 0 saturated carbocycles. The monoisotopic (exact) mass is 286 g/mol. The van der Waals surface area contributed by atoms with Gasteiger partial charge in [0.05, 0.1) is 5.75 Å². The van der Waals surface area contributed by atoms with Crippen molar-refractivity contribution in [2.75, 3.05) is 30.2 Å². The topological polar surface area (TPSA) is 78.4 Å². The van der Waals surface area contributed by atoms with Crippen LogP contribution in [0.1, 0.15) is 18.9 Å². The van der Waals surface area contributed by atoms with Crippen molar-refractivity contribution in [2.45, 2.75) is 19.8 Å². The number of anilines is 1. The Morgan fingerprint density at radius 2 is 2.11 bits per heavy atom. The largest absolute Gasteiger partial charge is 0.396 e. The van der Waals surface area contributed by atoms with Crippen LogP contribution in [0, 0.1) is 0 Å². The predicted molar refractivity (Wildman–Crippen MR) is 77.8 cm³/mol. The highest BCUT2D eigenvalue weighted by Crippen LogP contribution is 2.13. The molecule has 0 unspecified atom stereocenters. The summed E-state index contributed by atoms with van der Waals surface area (Å²) in [6.07, 6.45) is 1.42. The maximum Gasteiger partial charge on any atom is 0.233 e. The van der Waals surface area contributed by atoms with Crippen LogP contribution < -0.4 is 10.0 Å². The van der Waals surface area contributed by atoms with E-state index in [1.165, 1.54) is 0 Å². The Hall–Kier alpha value is -1.11. The second-order valence-electron chi connectivity index (χ2n) is 4.30. The van der Waals surface area contributed by atoms with Gasteiger partial charge >= 0.3 is 0 Å². The minimum absolute atomic E-state index is 0.0572. The molecule has 108 valence electrons. The summed E-state index contributed by atoms with van der Waals surface area (Å²) in [6.45, 7) is 3.27. The lowest BCUT2D eigenvalue weighted by atomic mass is 10.1. The zero-order valence-electron chi connectivity index (χ0n) is 11.2. The van der Waals surface area contributed by atoms with Gasteiger partial charge < -0.3 is 10.4 Å². The molecule has 0 radical (unpaired) electrons. The van der Waals surface area contributed by atoms with E-state index in [0.29, 0.717) is 18.7 Å². The van der Waals surface area contributed by atoms with Crippen molar-refractivity contribution in [1.29, 1.82) is 0 Å². The molecule has 0 amide bonds. The Bertz CT molecular complexity index is 475. The van der Waals surface area contributed by atoms with Crippen molar-refractivity contribution >= 4 is 15.7 Å². The Kier molecular flexibility index (Phi) is 6.83. The fourth-order valence-electron chi connectivity index (χ4n) is 1.69. The number of rotatable bonds is 9. The summed E-state index contributed by atoms with van der Waals surface area (Å²) in [5, 5.41) is 11.8. The van der Waals surface area contributed by atoms with Crippen LogP contribution >= 0.6 is 0 Å². The smallest absolute Gasteiger partial charge is 0.233 e. The number of nitrogens with one attached hydrogen (secondary N) is 2. The van der Waals surface area contributed by atoms with Gasteiger partial charge in [-0.3, -0.25) is 4.72 Å². The molecular formula is C13H22N2O3S. The highest BCUT2D eigenvalue weighted by atomic mass is 32.2. The van der Waals surface area contributed by atoms with E-state index in [4.69, 9.17) is 5.11 Å². The second kappa shape index (κ2) is 8.14. The lowest BCUT2D eigenvalue weighted by Crippen LogP contribution is -2.26. The van der Waals surface area contributed by atoms with Crippen LogP contribution in [-0.2, 0) is 16.4 Å². The van der Waals surface area contributed by atoms with Crippen molar-refractivity contribution < 1.29 is 13.5 Å². The standard InChI is InChI=1S/C13H22N2O3S/c1-2-14-8-10-19(17,18)15-13-7-3-5-12(11-13)6-4-9-16/h3,5,7,11,14-16H,2,4,6,8-10H2,1H3. The van der Waals surface area contributed by atoms with Crippen molar-refractivity contribution in [1.82, 2.24) is 5.32 Å². The molecule has 19 heavy (non-hydrogen) atoms. The molecule has 5 nitrogen and oxygen atoms in total. The van der Waals surface area contributed by atoms with Crippen LogP contribution in [0.2, 0.25) is 0 Å². The fourth-order valence-corrected chi connectivity index (χ4v) is 2.69. The van der Waals surface area contributed by atoms with E-state index in [-0.39, 0.29) is 12.4 Å². The number of hydrogen-bond acceptors (Lipinski definition) is 4. The Morgan fingerprint density at radius 3 is 2.79 bits per heavy atom. The van der Waals surface area contributed by atoms with Crippen LogP contribution in [0.3, 0.4) is 0 Å². The van der Waals surface area contributed by atoms with Crippen molar-refractivity contribution in [2.24, 2.45) is 0 Å². The maximum atomic E-state index is 11.8. The van der Waals surface area contributed by atoms with Crippen LogP contribution in [0.15, 0.2) is 24.3 Å². The van der Waals surface area contributed by atoms with Crippen molar-refractivity contribution in [3.8, 4) is 0 Å². The summed E-state index contributed by atoms with van der Waals surface area (Å²) in [4.78, 5) is 0. The summed E-state index contributed by atoms with van der Waals surface area (Å²) in [5.74, 6) is 0.0572. The van der Waals surface area contributed by atoms with Gasteiger partial charge in [0, 0.05) is 18.8 Å². The van der Waals surface area contributed by atoms with E-state index in [1.807, 2.05) is 19.1 Å². The van der Waals surface area contributed by atoms with Gasteiger partial charge in [-0.2, -0.15) is 0 Å². The number of aliphatic hydroxyl groups excluding tert-OH is 1. The molecule has 0 spiro atoms. The van der Waals surface area contributed by atoms with Gasteiger partial charge in [0.2, 0.25) is 10.0 Å². The van der Waals surface area contributed by atoms with Crippen LogP contribution in [-0.4, -0.2) is 39.0 Å². The maximum absolute atomic E-state index is 11.8. The Morgan fingerprint density at radius 1 is 1.32 bits per heavy atom. The first kappa shape index (κ1) is 15.9. The number of aliphatic hydroxyl groups is 1. The quantitative estimate of drug-likeness (QED) is 0.591. The van der Waals surface area contributed by atoms with Gasteiger partial charge in [0.15, 0.2) is 0 Å². The fraction of sp³-hybridized carbons (Fsp3) is 0.538. The molecule has 0 bridgehead atoms. The molecule has 3 N–H and O–H groups in total. The molecule has 1 aromatic carbocycles. The summed E-state index contributed by atoms with van der Waals surface area (Å²) >= 11 is 0. The number of hydrogen-bond donors (Lipinski definition) is 3. The summed E-state index contributed by atoms with van der Waals surface area (Å²) in [6, 6.07) is 7.27. The summed E-state index contributed by atoms with van der Waals surface area (Å²) in [5.41, 5.74) is 1.59. The van der Waals surface area contributed by atoms with Gasteiger partial charge in [-0.1, -0.05) is 19.1 Å². The second-order valence-corrected chi connectivity index (χ2v) is 6.14. The molecule has 6 heteroatoms. The van der Waals surface area contributed by atoms with E-state index in [9.17, 15) is 8.42 Å². The predicted octanol–water partition coefficient (Wildman–Crippen LogP) is 0.963. The van der Waals surface area contributed by atoms with Gasteiger partial charge in [-0.15, -0.1) is 0 Å². The van der Waals surface area contributed by atoms with Crippen LogP contribution in [0.5, 0.6) is 0 Å². The number of benzene rings is 1. The third-order valence-electron chi connectivity index (χ3n) is 2.62. The van der Waals surface area contributed by atoms with E-state index >= 15 is 0 Å². The summed E-state index contributed by atoms with van der Waals surface area (Å²) < 4.78 is 26.2.